The number of unbranched alkanes of at least 4 members (excludes halogenated alkanes) is 2. The van der Waals surface area contributed by atoms with Gasteiger partial charge in [0, 0.05) is 32.0 Å². The van der Waals surface area contributed by atoms with Crippen molar-refractivity contribution in [1.29, 1.82) is 0 Å². The molecule has 96 valence electrons. The van der Waals surface area contributed by atoms with Gasteiger partial charge in [-0.3, -0.25) is 4.98 Å². The predicted octanol–water partition coefficient (Wildman–Crippen LogP) is 2.34. The normalized spacial score (nSPS) is 10.5. The molecule has 0 aliphatic carbocycles. The van der Waals surface area contributed by atoms with E-state index < -0.39 is 0 Å². The van der Waals surface area contributed by atoms with Crippen LogP contribution in [0, 0.1) is 0 Å². The van der Waals surface area contributed by atoms with E-state index in [2.05, 4.69) is 28.7 Å². The summed E-state index contributed by atoms with van der Waals surface area (Å²) in [5, 5.41) is 0. The monoisotopic (exact) mass is 236 g/mol. The average Bonchev–Trinajstić information content (AvgIpc) is 2.39. The van der Waals surface area contributed by atoms with Crippen molar-refractivity contribution in [3.8, 4) is 0 Å². The maximum Gasteiger partial charge on any atom is 0.151 e. The van der Waals surface area contributed by atoms with Gasteiger partial charge in [0.2, 0.25) is 0 Å². The van der Waals surface area contributed by atoms with E-state index in [0.29, 0.717) is 6.54 Å². The molecule has 4 heteroatoms. The summed E-state index contributed by atoms with van der Waals surface area (Å²) in [6.45, 7) is 6.96. The van der Waals surface area contributed by atoms with Gasteiger partial charge in [-0.2, -0.15) is 0 Å². The van der Waals surface area contributed by atoms with Crippen molar-refractivity contribution in [1.82, 2.24) is 9.97 Å². The lowest BCUT2D eigenvalue weighted by Gasteiger charge is -2.24. The molecule has 17 heavy (non-hydrogen) atoms. The average molecular weight is 236 g/mol. The van der Waals surface area contributed by atoms with Crippen LogP contribution in [-0.2, 0) is 6.54 Å². The quantitative estimate of drug-likeness (QED) is 0.752. The topological polar surface area (TPSA) is 55.0 Å². The number of anilines is 1. The van der Waals surface area contributed by atoms with Gasteiger partial charge in [-0.05, 0) is 12.8 Å². The fourth-order valence-electron chi connectivity index (χ4n) is 1.79. The van der Waals surface area contributed by atoms with Crippen LogP contribution in [0.1, 0.15) is 45.2 Å². The Kier molecular flexibility index (Phi) is 6.55. The highest BCUT2D eigenvalue weighted by Crippen LogP contribution is 2.16. The van der Waals surface area contributed by atoms with Crippen molar-refractivity contribution in [3.63, 3.8) is 0 Å². The first-order chi connectivity index (χ1) is 8.33. The SMILES string of the molecule is CCCCN(CCCC)c1nccnc1CN. The summed E-state index contributed by atoms with van der Waals surface area (Å²) < 4.78 is 0. The molecular formula is C13H24N4. The molecular weight excluding hydrogens is 212 g/mol. The summed E-state index contributed by atoms with van der Waals surface area (Å²) in [5.41, 5.74) is 6.62. The Bertz CT molecular complexity index is 306. The molecule has 0 fully saturated rings. The second-order valence-corrected chi connectivity index (χ2v) is 4.22. The van der Waals surface area contributed by atoms with Crippen LogP contribution in [0.4, 0.5) is 5.82 Å². The molecule has 0 unspecified atom stereocenters. The van der Waals surface area contributed by atoms with Gasteiger partial charge in [-0.1, -0.05) is 26.7 Å². The Morgan fingerprint density at radius 1 is 1.06 bits per heavy atom. The summed E-state index contributed by atoms with van der Waals surface area (Å²) in [4.78, 5) is 11.1. The minimum absolute atomic E-state index is 0.456. The van der Waals surface area contributed by atoms with Gasteiger partial charge in [-0.25, -0.2) is 4.98 Å². The lowest BCUT2D eigenvalue weighted by Crippen LogP contribution is -2.28. The molecule has 1 aromatic heterocycles. The lowest BCUT2D eigenvalue weighted by atomic mass is 10.2. The van der Waals surface area contributed by atoms with Crippen molar-refractivity contribution in [2.75, 3.05) is 18.0 Å². The molecule has 0 saturated carbocycles. The van der Waals surface area contributed by atoms with Crippen molar-refractivity contribution in [3.05, 3.63) is 18.1 Å². The molecule has 0 aromatic carbocycles. The Balaban J connectivity index is 2.78. The second kappa shape index (κ2) is 8.01. The molecule has 0 aliphatic rings. The molecule has 4 nitrogen and oxygen atoms in total. The third-order valence-electron chi connectivity index (χ3n) is 2.81. The summed E-state index contributed by atoms with van der Waals surface area (Å²) >= 11 is 0. The Hall–Kier alpha value is -1.16. The lowest BCUT2D eigenvalue weighted by molar-refractivity contribution is 0.665. The third-order valence-corrected chi connectivity index (χ3v) is 2.81. The molecule has 0 bridgehead atoms. The molecule has 1 heterocycles. The summed E-state index contributed by atoms with van der Waals surface area (Å²) in [6.07, 6.45) is 8.22. The zero-order valence-electron chi connectivity index (χ0n) is 11.0. The van der Waals surface area contributed by atoms with Crippen LogP contribution in [-0.4, -0.2) is 23.1 Å². The highest BCUT2D eigenvalue weighted by atomic mass is 15.2. The van der Waals surface area contributed by atoms with E-state index in [4.69, 9.17) is 5.73 Å². The second-order valence-electron chi connectivity index (χ2n) is 4.22. The maximum absolute atomic E-state index is 5.72. The van der Waals surface area contributed by atoms with Crippen LogP contribution >= 0.6 is 0 Å². The van der Waals surface area contributed by atoms with Crippen molar-refractivity contribution in [2.45, 2.75) is 46.1 Å². The van der Waals surface area contributed by atoms with Gasteiger partial charge >= 0.3 is 0 Å². The van der Waals surface area contributed by atoms with Gasteiger partial charge in [0.1, 0.15) is 0 Å². The van der Waals surface area contributed by atoms with Gasteiger partial charge < -0.3 is 10.6 Å². The third kappa shape index (κ3) is 4.30. The summed E-state index contributed by atoms with van der Waals surface area (Å²) in [6, 6.07) is 0. The summed E-state index contributed by atoms with van der Waals surface area (Å²) in [5.74, 6) is 0.969. The largest absolute Gasteiger partial charge is 0.355 e. The van der Waals surface area contributed by atoms with Crippen LogP contribution in [0.3, 0.4) is 0 Å². The van der Waals surface area contributed by atoms with E-state index in [0.717, 1.165) is 24.6 Å². The van der Waals surface area contributed by atoms with E-state index >= 15 is 0 Å². The van der Waals surface area contributed by atoms with E-state index in [9.17, 15) is 0 Å². The standard InChI is InChI=1S/C13H24N4/c1-3-5-9-17(10-6-4-2)13-12(11-14)15-7-8-16-13/h7-8H,3-6,9-11,14H2,1-2H3. The molecule has 0 aliphatic heterocycles. The molecule has 1 aromatic rings. The predicted molar refractivity (Wildman–Crippen MR) is 72.0 cm³/mol. The van der Waals surface area contributed by atoms with Gasteiger partial charge in [0.15, 0.2) is 5.82 Å². The summed E-state index contributed by atoms with van der Waals surface area (Å²) in [7, 11) is 0. The number of rotatable bonds is 8. The van der Waals surface area contributed by atoms with Crippen molar-refractivity contribution >= 4 is 5.82 Å². The maximum atomic E-state index is 5.72. The molecule has 2 N–H and O–H groups in total. The Morgan fingerprint density at radius 2 is 1.65 bits per heavy atom. The minimum Gasteiger partial charge on any atom is -0.355 e. The first-order valence-electron chi connectivity index (χ1n) is 6.58. The highest BCUT2D eigenvalue weighted by Gasteiger charge is 2.11. The van der Waals surface area contributed by atoms with Crippen LogP contribution in [0.15, 0.2) is 12.4 Å². The van der Waals surface area contributed by atoms with Crippen molar-refractivity contribution < 1.29 is 0 Å². The van der Waals surface area contributed by atoms with Gasteiger partial charge in [-0.15, -0.1) is 0 Å². The van der Waals surface area contributed by atoms with Crippen LogP contribution in [0.2, 0.25) is 0 Å². The van der Waals surface area contributed by atoms with Crippen LogP contribution in [0.5, 0.6) is 0 Å². The number of nitrogens with two attached hydrogens (primary N) is 1. The first kappa shape index (κ1) is 13.9. The zero-order valence-corrected chi connectivity index (χ0v) is 11.0. The molecule has 0 amide bonds. The fraction of sp³-hybridized carbons (Fsp3) is 0.692. The Morgan fingerprint density at radius 3 is 2.18 bits per heavy atom. The first-order valence-corrected chi connectivity index (χ1v) is 6.58. The number of aromatic nitrogens is 2. The van der Waals surface area contributed by atoms with Gasteiger partial charge in [0.05, 0.1) is 5.69 Å². The molecule has 0 atom stereocenters. The zero-order chi connectivity index (χ0) is 12.5. The van der Waals surface area contributed by atoms with Crippen LogP contribution in [0.25, 0.3) is 0 Å². The fourth-order valence-corrected chi connectivity index (χ4v) is 1.79. The molecule has 0 spiro atoms. The van der Waals surface area contributed by atoms with E-state index in [1.54, 1.807) is 12.4 Å². The van der Waals surface area contributed by atoms with E-state index in [1.807, 2.05) is 0 Å². The van der Waals surface area contributed by atoms with Gasteiger partial charge in [0.25, 0.3) is 0 Å². The highest BCUT2D eigenvalue weighted by molar-refractivity contribution is 5.42. The minimum atomic E-state index is 0.456. The Labute approximate surface area is 104 Å². The number of hydrogen-bond acceptors (Lipinski definition) is 4. The smallest absolute Gasteiger partial charge is 0.151 e. The van der Waals surface area contributed by atoms with Crippen LogP contribution < -0.4 is 10.6 Å². The number of hydrogen-bond donors (Lipinski definition) is 1. The van der Waals surface area contributed by atoms with E-state index in [1.165, 1.54) is 25.7 Å². The van der Waals surface area contributed by atoms with E-state index in [-0.39, 0.29) is 0 Å². The molecule has 0 saturated heterocycles. The van der Waals surface area contributed by atoms with Crippen molar-refractivity contribution in [2.24, 2.45) is 5.73 Å². The molecule has 1 rings (SSSR count). The molecule has 0 radical (unpaired) electrons. The number of nitrogens with zero attached hydrogens (tertiary/aromatic N) is 3.